The number of likely N-dealkylation sites (tertiary alicyclic amines) is 1. The molecular formula is C28H34N2O3. The van der Waals surface area contributed by atoms with Crippen LogP contribution in [0.3, 0.4) is 0 Å². The van der Waals surface area contributed by atoms with Crippen LogP contribution >= 0.6 is 0 Å². The fourth-order valence-corrected chi connectivity index (χ4v) is 5.67. The van der Waals surface area contributed by atoms with Gasteiger partial charge in [-0.25, -0.2) is 0 Å². The molecule has 1 amide bonds. The Balaban J connectivity index is 1.49. The van der Waals surface area contributed by atoms with E-state index in [4.69, 9.17) is 4.74 Å². The molecule has 0 aromatic heterocycles. The van der Waals surface area contributed by atoms with Gasteiger partial charge in [-0.2, -0.15) is 0 Å². The van der Waals surface area contributed by atoms with Gasteiger partial charge in [-0.15, -0.1) is 6.58 Å². The summed E-state index contributed by atoms with van der Waals surface area (Å²) in [5.74, 6) is 1.50. The number of amides is 1. The van der Waals surface area contributed by atoms with Crippen molar-refractivity contribution in [3.05, 3.63) is 78.4 Å². The lowest BCUT2D eigenvalue weighted by Crippen LogP contribution is -2.56. The molecule has 2 fully saturated rings. The average Bonchev–Trinajstić information content (AvgIpc) is 2.83. The number of nitrogens with one attached hydrogen (secondary N) is 1. The fraction of sp³-hybridized carbons (Fsp3) is 0.393. The summed E-state index contributed by atoms with van der Waals surface area (Å²) < 4.78 is 5.26. The standard InChI is InChI=1S/C28H34N2O3/c1-3-15-30-16-14-28(22-7-5-8-25(31)18-22)19-24(12-11-23(28)20-30)29-27(32)13-10-21-6-4-9-26(17-21)33-2/h3-10,13,17-18,23-24,31H,1,11-12,14-16,19-20H2,2H3,(H,29,32). The largest absolute Gasteiger partial charge is 0.508 e. The molecule has 5 heteroatoms. The molecule has 0 bridgehead atoms. The number of carbonyl (C=O) groups is 1. The van der Waals surface area contributed by atoms with Gasteiger partial charge in [-0.1, -0.05) is 30.3 Å². The predicted molar refractivity (Wildman–Crippen MR) is 132 cm³/mol. The number of hydrogen-bond acceptors (Lipinski definition) is 4. The van der Waals surface area contributed by atoms with E-state index in [2.05, 4.69) is 22.9 Å². The van der Waals surface area contributed by atoms with Gasteiger partial charge < -0.3 is 15.2 Å². The normalized spacial score (nSPS) is 25.4. The topological polar surface area (TPSA) is 61.8 Å². The van der Waals surface area contributed by atoms with Gasteiger partial charge in [0.05, 0.1) is 7.11 Å². The zero-order valence-corrected chi connectivity index (χ0v) is 19.4. The minimum Gasteiger partial charge on any atom is -0.508 e. The number of aromatic hydroxyl groups is 1. The van der Waals surface area contributed by atoms with Gasteiger partial charge in [0.2, 0.25) is 5.91 Å². The van der Waals surface area contributed by atoms with Crippen LogP contribution < -0.4 is 10.1 Å². The smallest absolute Gasteiger partial charge is 0.244 e. The van der Waals surface area contributed by atoms with Crippen molar-refractivity contribution in [1.82, 2.24) is 10.2 Å². The van der Waals surface area contributed by atoms with Gasteiger partial charge in [-0.05, 0) is 79.6 Å². The Morgan fingerprint density at radius 2 is 2.12 bits per heavy atom. The van der Waals surface area contributed by atoms with E-state index in [9.17, 15) is 9.90 Å². The third kappa shape index (κ3) is 5.31. The third-order valence-corrected chi connectivity index (χ3v) is 7.28. The molecule has 2 N–H and O–H groups in total. The van der Waals surface area contributed by atoms with Gasteiger partial charge in [0.15, 0.2) is 0 Å². The molecule has 5 nitrogen and oxygen atoms in total. The van der Waals surface area contributed by atoms with Crippen LogP contribution in [0.5, 0.6) is 11.5 Å². The first-order valence-corrected chi connectivity index (χ1v) is 11.8. The van der Waals surface area contributed by atoms with Crippen LogP contribution in [0.4, 0.5) is 0 Å². The molecule has 33 heavy (non-hydrogen) atoms. The monoisotopic (exact) mass is 446 g/mol. The van der Waals surface area contributed by atoms with Crippen LogP contribution in [0.1, 0.15) is 36.8 Å². The van der Waals surface area contributed by atoms with Crippen molar-refractivity contribution in [1.29, 1.82) is 0 Å². The minimum atomic E-state index is -0.0728. The van der Waals surface area contributed by atoms with Crippen molar-refractivity contribution in [2.75, 3.05) is 26.7 Å². The maximum atomic E-state index is 12.7. The summed E-state index contributed by atoms with van der Waals surface area (Å²) >= 11 is 0. The van der Waals surface area contributed by atoms with Crippen molar-refractivity contribution in [2.24, 2.45) is 5.92 Å². The van der Waals surface area contributed by atoms with Crippen molar-refractivity contribution in [3.63, 3.8) is 0 Å². The molecular weight excluding hydrogens is 412 g/mol. The van der Waals surface area contributed by atoms with E-state index < -0.39 is 0 Å². The lowest BCUT2D eigenvalue weighted by molar-refractivity contribution is -0.117. The third-order valence-electron chi connectivity index (χ3n) is 7.28. The molecule has 4 rings (SSSR count). The zero-order chi connectivity index (χ0) is 23.3. The van der Waals surface area contributed by atoms with E-state index >= 15 is 0 Å². The second-order valence-electron chi connectivity index (χ2n) is 9.30. The first kappa shape index (κ1) is 23.1. The Morgan fingerprint density at radius 3 is 2.91 bits per heavy atom. The summed E-state index contributed by atoms with van der Waals surface area (Å²) in [6.07, 6.45) is 9.32. The minimum absolute atomic E-state index is 0.0386. The summed E-state index contributed by atoms with van der Waals surface area (Å²) in [5.41, 5.74) is 2.08. The second-order valence-corrected chi connectivity index (χ2v) is 9.30. The number of phenols is 1. The van der Waals surface area contributed by atoms with E-state index in [1.165, 1.54) is 5.56 Å². The molecule has 1 saturated heterocycles. The van der Waals surface area contributed by atoms with Crippen LogP contribution in [0, 0.1) is 5.92 Å². The van der Waals surface area contributed by atoms with Crippen LogP contribution in [0.2, 0.25) is 0 Å². The first-order chi connectivity index (χ1) is 16.0. The molecule has 0 radical (unpaired) electrons. The number of rotatable bonds is 7. The molecule has 3 unspecified atom stereocenters. The molecule has 1 aliphatic carbocycles. The molecule has 0 spiro atoms. The van der Waals surface area contributed by atoms with Crippen LogP contribution in [-0.4, -0.2) is 48.7 Å². The fourth-order valence-electron chi connectivity index (χ4n) is 5.67. The highest BCUT2D eigenvalue weighted by Gasteiger charge is 2.48. The van der Waals surface area contributed by atoms with E-state index in [0.717, 1.165) is 56.6 Å². The Morgan fingerprint density at radius 1 is 1.27 bits per heavy atom. The number of carbonyl (C=O) groups excluding carboxylic acids is 1. The van der Waals surface area contributed by atoms with Gasteiger partial charge in [-0.3, -0.25) is 9.69 Å². The van der Waals surface area contributed by atoms with E-state index in [-0.39, 0.29) is 17.4 Å². The summed E-state index contributed by atoms with van der Waals surface area (Å²) in [7, 11) is 1.63. The predicted octanol–water partition coefficient (Wildman–Crippen LogP) is 4.53. The van der Waals surface area contributed by atoms with Gasteiger partial charge in [0, 0.05) is 30.6 Å². The average molecular weight is 447 g/mol. The number of ether oxygens (including phenoxy) is 1. The van der Waals surface area contributed by atoms with E-state index in [0.29, 0.717) is 11.7 Å². The molecule has 1 saturated carbocycles. The number of hydrogen-bond donors (Lipinski definition) is 2. The van der Waals surface area contributed by atoms with Gasteiger partial charge >= 0.3 is 0 Å². The van der Waals surface area contributed by atoms with E-state index in [1.807, 2.05) is 48.6 Å². The maximum absolute atomic E-state index is 12.7. The molecule has 3 atom stereocenters. The van der Waals surface area contributed by atoms with E-state index in [1.54, 1.807) is 19.3 Å². The lowest BCUT2D eigenvalue weighted by atomic mass is 9.58. The quantitative estimate of drug-likeness (QED) is 0.485. The highest BCUT2D eigenvalue weighted by molar-refractivity contribution is 5.92. The highest BCUT2D eigenvalue weighted by atomic mass is 16.5. The van der Waals surface area contributed by atoms with Crippen molar-refractivity contribution in [3.8, 4) is 11.5 Å². The molecule has 2 aromatic carbocycles. The molecule has 2 aromatic rings. The lowest BCUT2D eigenvalue weighted by Gasteiger charge is -2.53. The SMILES string of the molecule is C=CCN1CCC2(c3cccc(O)c3)CC(NC(=O)C=Cc3cccc(OC)c3)CCC2C1. The summed E-state index contributed by atoms with van der Waals surface area (Å²) in [6, 6.07) is 15.5. The Kier molecular flexibility index (Phi) is 7.19. The number of benzene rings is 2. The van der Waals surface area contributed by atoms with Crippen molar-refractivity contribution < 1.29 is 14.6 Å². The molecule has 2 aliphatic rings. The van der Waals surface area contributed by atoms with Gasteiger partial charge in [0.25, 0.3) is 0 Å². The first-order valence-electron chi connectivity index (χ1n) is 11.8. The Labute approximate surface area is 196 Å². The van der Waals surface area contributed by atoms with Crippen LogP contribution in [0.25, 0.3) is 6.08 Å². The Hall–Kier alpha value is -3.05. The summed E-state index contributed by atoms with van der Waals surface area (Å²) in [5, 5.41) is 13.4. The van der Waals surface area contributed by atoms with Gasteiger partial charge in [0.1, 0.15) is 11.5 Å². The molecule has 1 heterocycles. The number of phenolic OH excluding ortho intramolecular Hbond substituents is 1. The van der Waals surface area contributed by atoms with Crippen molar-refractivity contribution in [2.45, 2.75) is 37.1 Å². The van der Waals surface area contributed by atoms with Crippen LogP contribution in [-0.2, 0) is 10.2 Å². The summed E-state index contributed by atoms with van der Waals surface area (Å²) in [4.78, 5) is 15.2. The van der Waals surface area contributed by atoms with Crippen molar-refractivity contribution >= 4 is 12.0 Å². The summed E-state index contributed by atoms with van der Waals surface area (Å²) in [6.45, 7) is 6.83. The maximum Gasteiger partial charge on any atom is 0.244 e. The molecule has 1 aliphatic heterocycles. The number of methoxy groups -OCH3 is 1. The van der Waals surface area contributed by atoms with Crippen LogP contribution in [0.15, 0.2) is 67.3 Å². The molecule has 174 valence electrons. The number of nitrogens with zero attached hydrogens (tertiary/aromatic N) is 1. The second kappa shape index (κ2) is 10.3. The Bertz CT molecular complexity index is 1020. The number of piperidine rings is 1. The zero-order valence-electron chi connectivity index (χ0n) is 19.4. The highest BCUT2D eigenvalue weighted by Crippen LogP contribution is 2.49. The number of fused-ring (bicyclic) bond motifs is 1.